The Kier molecular flexibility index (Phi) is 4.79. The quantitative estimate of drug-likeness (QED) is 0.751. The van der Waals surface area contributed by atoms with Gasteiger partial charge in [-0.2, -0.15) is 5.10 Å². The van der Waals surface area contributed by atoms with Gasteiger partial charge in [-0.1, -0.05) is 13.0 Å². The summed E-state index contributed by atoms with van der Waals surface area (Å²) in [6.07, 6.45) is 4.16. The Morgan fingerprint density at radius 3 is 2.75 bits per heavy atom. The van der Waals surface area contributed by atoms with Crippen molar-refractivity contribution in [2.24, 2.45) is 0 Å². The molecular formula is C17H21N7. The molecule has 3 aromatic rings. The van der Waals surface area contributed by atoms with E-state index in [9.17, 15) is 0 Å². The zero-order valence-electron chi connectivity index (χ0n) is 14.1. The Morgan fingerprint density at radius 2 is 2.04 bits per heavy atom. The molecule has 0 unspecified atom stereocenters. The van der Waals surface area contributed by atoms with Gasteiger partial charge < -0.3 is 5.32 Å². The van der Waals surface area contributed by atoms with Crippen LogP contribution < -0.4 is 5.32 Å². The molecule has 7 nitrogen and oxygen atoms in total. The second kappa shape index (κ2) is 7.16. The molecule has 7 heteroatoms. The molecule has 0 aliphatic heterocycles. The van der Waals surface area contributed by atoms with Gasteiger partial charge in [0.05, 0.1) is 6.54 Å². The average molecular weight is 323 g/mol. The summed E-state index contributed by atoms with van der Waals surface area (Å²) in [5, 5.41) is 7.57. The molecule has 0 aliphatic carbocycles. The molecular weight excluding hydrogens is 302 g/mol. The third kappa shape index (κ3) is 3.56. The topological polar surface area (TPSA) is 81.4 Å². The smallest absolute Gasteiger partial charge is 0.180 e. The van der Waals surface area contributed by atoms with E-state index in [1.807, 2.05) is 28.9 Å². The van der Waals surface area contributed by atoms with E-state index in [2.05, 4.69) is 51.1 Å². The van der Waals surface area contributed by atoms with Crippen LogP contribution in [0.3, 0.4) is 0 Å². The minimum atomic E-state index is 0.269. The molecule has 3 aromatic heterocycles. The number of nitrogens with zero attached hydrogens (tertiary/aromatic N) is 6. The first-order valence-corrected chi connectivity index (χ1v) is 8.09. The first-order chi connectivity index (χ1) is 11.7. The van der Waals surface area contributed by atoms with E-state index in [4.69, 9.17) is 0 Å². The van der Waals surface area contributed by atoms with Crippen molar-refractivity contribution in [3.63, 3.8) is 0 Å². The van der Waals surface area contributed by atoms with Gasteiger partial charge in [0.1, 0.15) is 23.7 Å². The van der Waals surface area contributed by atoms with Crippen molar-refractivity contribution in [2.75, 3.05) is 5.32 Å². The standard InChI is InChI=1S/C17H21N7/c1-4-13-9-15(19-10-16-20-11-21-24(16)12(2)3)23-17(22-13)14-7-5-6-8-18-14/h5-9,11-12H,4,10H2,1-3H3,(H,19,22,23). The lowest BCUT2D eigenvalue weighted by Gasteiger charge is -2.11. The van der Waals surface area contributed by atoms with Gasteiger partial charge in [0, 0.05) is 24.0 Å². The zero-order chi connectivity index (χ0) is 16.9. The summed E-state index contributed by atoms with van der Waals surface area (Å²) in [5.74, 6) is 2.27. The molecule has 0 aliphatic rings. The molecule has 24 heavy (non-hydrogen) atoms. The van der Waals surface area contributed by atoms with Crippen LogP contribution in [0.5, 0.6) is 0 Å². The fourth-order valence-electron chi connectivity index (χ4n) is 2.38. The monoisotopic (exact) mass is 323 g/mol. The van der Waals surface area contributed by atoms with Gasteiger partial charge in [0.2, 0.25) is 0 Å². The lowest BCUT2D eigenvalue weighted by molar-refractivity contribution is 0.509. The number of nitrogens with one attached hydrogen (secondary N) is 1. The number of aryl methyl sites for hydroxylation is 1. The van der Waals surface area contributed by atoms with Crippen LogP contribution in [-0.2, 0) is 13.0 Å². The fourth-order valence-corrected chi connectivity index (χ4v) is 2.38. The summed E-state index contributed by atoms with van der Waals surface area (Å²) < 4.78 is 1.90. The zero-order valence-corrected chi connectivity index (χ0v) is 14.1. The molecule has 0 atom stereocenters. The Balaban J connectivity index is 1.84. The van der Waals surface area contributed by atoms with E-state index in [0.717, 1.165) is 29.5 Å². The molecule has 0 fully saturated rings. The molecule has 0 saturated carbocycles. The van der Waals surface area contributed by atoms with Crippen molar-refractivity contribution in [2.45, 2.75) is 39.8 Å². The van der Waals surface area contributed by atoms with E-state index < -0.39 is 0 Å². The van der Waals surface area contributed by atoms with Gasteiger partial charge >= 0.3 is 0 Å². The molecule has 0 saturated heterocycles. The van der Waals surface area contributed by atoms with Crippen molar-refractivity contribution >= 4 is 5.82 Å². The summed E-state index contributed by atoms with van der Waals surface area (Å²) >= 11 is 0. The highest BCUT2D eigenvalue weighted by Gasteiger charge is 2.10. The van der Waals surface area contributed by atoms with Gasteiger partial charge in [-0.25, -0.2) is 19.6 Å². The largest absolute Gasteiger partial charge is 0.363 e. The molecule has 0 amide bonds. The van der Waals surface area contributed by atoms with Crippen LogP contribution in [0.1, 0.15) is 38.3 Å². The molecule has 3 heterocycles. The van der Waals surface area contributed by atoms with E-state index in [1.165, 1.54) is 0 Å². The van der Waals surface area contributed by atoms with Crippen LogP contribution in [0.15, 0.2) is 36.8 Å². The Hall–Kier alpha value is -2.83. The summed E-state index contributed by atoms with van der Waals surface area (Å²) in [6, 6.07) is 7.95. The molecule has 0 radical (unpaired) electrons. The maximum atomic E-state index is 4.58. The minimum Gasteiger partial charge on any atom is -0.363 e. The van der Waals surface area contributed by atoms with Crippen LogP contribution in [0.25, 0.3) is 11.5 Å². The number of hydrogen-bond donors (Lipinski definition) is 1. The van der Waals surface area contributed by atoms with Crippen molar-refractivity contribution < 1.29 is 0 Å². The van der Waals surface area contributed by atoms with Crippen molar-refractivity contribution in [3.05, 3.63) is 48.3 Å². The molecule has 124 valence electrons. The second-order valence-corrected chi connectivity index (χ2v) is 5.70. The van der Waals surface area contributed by atoms with Gasteiger partial charge in [-0.3, -0.25) is 4.98 Å². The van der Waals surface area contributed by atoms with Crippen LogP contribution in [-0.4, -0.2) is 29.7 Å². The molecule has 0 spiro atoms. The number of anilines is 1. The first-order valence-electron chi connectivity index (χ1n) is 8.09. The molecule has 1 N–H and O–H groups in total. The Morgan fingerprint density at radius 1 is 1.17 bits per heavy atom. The summed E-state index contributed by atoms with van der Waals surface area (Å²) in [7, 11) is 0. The predicted molar refractivity (Wildman–Crippen MR) is 92.4 cm³/mol. The summed E-state index contributed by atoms with van der Waals surface area (Å²) in [5.41, 5.74) is 1.74. The maximum absolute atomic E-state index is 4.58. The van der Waals surface area contributed by atoms with E-state index >= 15 is 0 Å². The average Bonchev–Trinajstić information content (AvgIpc) is 3.09. The van der Waals surface area contributed by atoms with Crippen molar-refractivity contribution in [1.29, 1.82) is 0 Å². The molecule has 0 bridgehead atoms. The number of pyridine rings is 1. The number of rotatable bonds is 6. The molecule has 0 aromatic carbocycles. The number of aromatic nitrogens is 6. The van der Waals surface area contributed by atoms with Gasteiger partial charge in [0.25, 0.3) is 0 Å². The Bertz CT molecular complexity index is 796. The highest BCUT2D eigenvalue weighted by atomic mass is 15.4. The van der Waals surface area contributed by atoms with E-state index in [0.29, 0.717) is 12.4 Å². The highest BCUT2D eigenvalue weighted by Crippen LogP contribution is 2.17. The van der Waals surface area contributed by atoms with Gasteiger partial charge in [-0.05, 0) is 32.4 Å². The lowest BCUT2D eigenvalue weighted by Crippen LogP contribution is -2.13. The number of hydrogen-bond acceptors (Lipinski definition) is 6. The lowest BCUT2D eigenvalue weighted by atomic mass is 10.3. The highest BCUT2D eigenvalue weighted by molar-refractivity contribution is 5.52. The van der Waals surface area contributed by atoms with Crippen molar-refractivity contribution in [1.82, 2.24) is 29.7 Å². The van der Waals surface area contributed by atoms with Crippen LogP contribution in [0.4, 0.5) is 5.82 Å². The third-order valence-corrected chi connectivity index (χ3v) is 3.60. The van der Waals surface area contributed by atoms with Gasteiger partial charge in [0.15, 0.2) is 5.82 Å². The van der Waals surface area contributed by atoms with Crippen LogP contribution in [0.2, 0.25) is 0 Å². The third-order valence-electron chi connectivity index (χ3n) is 3.60. The van der Waals surface area contributed by atoms with Crippen LogP contribution in [0, 0.1) is 0 Å². The Labute approximate surface area is 141 Å². The van der Waals surface area contributed by atoms with E-state index in [1.54, 1.807) is 12.5 Å². The second-order valence-electron chi connectivity index (χ2n) is 5.70. The summed E-state index contributed by atoms with van der Waals surface area (Å²) in [4.78, 5) is 17.8. The molecule has 3 rings (SSSR count). The fraction of sp³-hybridized carbons (Fsp3) is 0.353. The van der Waals surface area contributed by atoms with Gasteiger partial charge in [-0.15, -0.1) is 0 Å². The normalized spacial score (nSPS) is 11.0. The van der Waals surface area contributed by atoms with Crippen molar-refractivity contribution in [3.8, 4) is 11.5 Å². The maximum Gasteiger partial charge on any atom is 0.180 e. The van der Waals surface area contributed by atoms with Crippen LogP contribution >= 0.6 is 0 Å². The summed E-state index contributed by atoms with van der Waals surface area (Å²) in [6.45, 7) is 6.79. The minimum absolute atomic E-state index is 0.269. The van der Waals surface area contributed by atoms with E-state index in [-0.39, 0.29) is 6.04 Å². The predicted octanol–water partition coefficient (Wildman–Crippen LogP) is 2.89. The SMILES string of the molecule is CCc1cc(NCc2ncnn2C(C)C)nc(-c2ccccn2)n1. The first kappa shape index (κ1) is 16.0.